The fourth-order valence-corrected chi connectivity index (χ4v) is 4.81. The highest BCUT2D eigenvalue weighted by Crippen LogP contribution is 2.30. The van der Waals surface area contributed by atoms with Gasteiger partial charge < -0.3 is 10.2 Å². The standard InChI is InChI=1S/C11H11FN2O2S2/c12-7-3-1-2-4-9(7)14-10-6-18(15,16)5-8(10)13-11(14)17/h1-4,8,10H,5-6H2,(H,13,17)/t8-,10+/m1/s1. The van der Waals surface area contributed by atoms with Crippen LogP contribution in [0.1, 0.15) is 0 Å². The third kappa shape index (κ3) is 1.78. The first-order valence-corrected chi connectivity index (χ1v) is 7.75. The van der Waals surface area contributed by atoms with E-state index in [0.717, 1.165) is 0 Å². The van der Waals surface area contributed by atoms with Crippen molar-refractivity contribution in [2.24, 2.45) is 0 Å². The Morgan fingerprint density at radius 2 is 2.06 bits per heavy atom. The lowest BCUT2D eigenvalue weighted by molar-refractivity contribution is 0.600. The molecule has 0 spiro atoms. The number of nitrogens with zero attached hydrogens (tertiary/aromatic N) is 1. The van der Waals surface area contributed by atoms with Crippen molar-refractivity contribution in [3.05, 3.63) is 30.1 Å². The van der Waals surface area contributed by atoms with Gasteiger partial charge in [-0.3, -0.25) is 0 Å². The first kappa shape index (κ1) is 11.9. The van der Waals surface area contributed by atoms with Gasteiger partial charge >= 0.3 is 0 Å². The van der Waals surface area contributed by atoms with Gasteiger partial charge in [0.05, 0.1) is 29.3 Å². The van der Waals surface area contributed by atoms with Crippen LogP contribution in [0.4, 0.5) is 10.1 Å². The van der Waals surface area contributed by atoms with Crippen molar-refractivity contribution in [2.75, 3.05) is 16.4 Å². The summed E-state index contributed by atoms with van der Waals surface area (Å²) in [6, 6.07) is 5.71. The molecule has 0 amide bonds. The molecule has 2 heterocycles. The minimum atomic E-state index is -3.07. The Kier molecular flexibility index (Phi) is 2.56. The maximum atomic E-state index is 13.8. The van der Waals surface area contributed by atoms with E-state index in [9.17, 15) is 12.8 Å². The van der Waals surface area contributed by atoms with E-state index < -0.39 is 15.7 Å². The van der Waals surface area contributed by atoms with Gasteiger partial charge in [-0.15, -0.1) is 0 Å². The Hall–Kier alpha value is -1.21. The Labute approximate surface area is 110 Å². The van der Waals surface area contributed by atoms with Crippen LogP contribution in [0.2, 0.25) is 0 Å². The molecule has 0 aromatic heterocycles. The molecule has 96 valence electrons. The predicted octanol–water partition coefficient (Wildman–Crippen LogP) is 0.686. The molecule has 3 rings (SSSR count). The molecule has 2 fully saturated rings. The molecule has 18 heavy (non-hydrogen) atoms. The van der Waals surface area contributed by atoms with Gasteiger partial charge in [-0.1, -0.05) is 12.1 Å². The lowest BCUT2D eigenvalue weighted by Crippen LogP contribution is -2.37. The van der Waals surface area contributed by atoms with E-state index in [1.165, 1.54) is 6.07 Å². The smallest absolute Gasteiger partial charge is 0.174 e. The molecule has 0 radical (unpaired) electrons. The van der Waals surface area contributed by atoms with Crippen molar-refractivity contribution in [1.82, 2.24) is 5.32 Å². The number of benzene rings is 1. The summed E-state index contributed by atoms with van der Waals surface area (Å²) < 4.78 is 37.0. The van der Waals surface area contributed by atoms with Crippen LogP contribution in [0.5, 0.6) is 0 Å². The molecule has 4 nitrogen and oxygen atoms in total. The summed E-state index contributed by atoms with van der Waals surface area (Å²) in [5.74, 6) is -0.325. The van der Waals surface area contributed by atoms with Crippen LogP contribution in [-0.4, -0.2) is 37.1 Å². The summed E-state index contributed by atoms with van der Waals surface area (Å²) in [5, 5.41) is 3.35. The highest BCUT2D eigenvalue weighted by Gasteiger charge is 2.48. The molecule has 1 aromatic carbocycles. The Bertz CT molecular complexity index is 617. The van der Waals surface area contributed by atoms with E-state index in [-0.39, 0.29) is 23.6 Å². The van der Waals surface area contributed by atoms with Crippen LogP contribution in [0.25, 0.3) is 0 Å². The number of halogens is 1. The quantitative estimate of drug-likeness (QED) is 0.770. The molecule has 2 aliphatic heterocycles. The SMILES string of the molecule is O=S1(=O)C[C@H]2NC(=S)N(c3ccccc3F)[C@H]2C1. The molecule has 1 N–H and O–H groups in total. The van der Waals surface area contributed by atoms with Gasteiger partial charge in [0.25, 0.3) is 0 Å². The molecule has 0 bridgehead atoms. The summed E-state index contributed by atoms with van der Waals surface area (Å²) in [5.41, 5.74) is 0.333. The number of nitrogens with one attached hydrogen (secondary N) is 1. The summed E-state index contributed by atoms with van der Waals surface area (Å²) in [4.78, 5) is 1.58. The number of hydrogen-bond acceptors (Lipinski definition) is 3. The van der Waals surface area contributed by atoms with Crippen molar-refractivity contribution < 1.29 is 12.8 Å². The average molecular weight is 286 g/mol. The first-order chi connectivity index (χ1) is 8.48. The second-order valence-electron chi connectivity index (χ2n) is 4.52. The molecule has 2 aliphatic rings. The number of hydrogen-bond donors (Lipinski definition) is 1. The molecule has 1 aromatic rings. The highest BCUT2D eigenvalue weighted by molar-refractivity contribution is 7.91. The van der Waals surface area contributed by atoms with E-state index in [2.05, 4.69) is 5.32 Å². The molecule has 0 saturated carbocycles. The molecule has 7 heteroatoms. The third-order valence-electron chi connectivity index (χ3n) is 3.29. The van der Waals surface area contributed by atoms with Gasteiger partial charge in [0, 0.05) is 0 Å². The lowest BCUT2D eigenvalue weighted by atomic mass is 10.1. The molecule has 0 aliphatic carbocycles. The van der Waals surface area contributed by atoms with Gasteiger partial charge in [-0.2, -0.15) is 0 Å². The van der Waals surface area contributed by atoms with Gasteiger partial charge in [0.1, 0.15) is 5.82 Å². The Balaban J connectivity index is 2.02. The number of anilines is 1. The lowest BCUT2D eigenvalue weighted by Gasteiger charge is -2.23. The average Bonchev–Trinajstić information content (AvgIpc) is 2.70. The third-order valence-corrected chi connectivity index (χ3v) is 5.32. The zero-order valence-electron chi connectivity index (χ0n) is 9.34. The number of sulfone groups is 1. The normalized spacial score (nSPS) is 29.2. The number of para-hydroxylation sites is 1. The number of thiocarbonyl (C=S) groups is 1. The van der Waals surface area contributed by atoms with Crippen LogP contribution in [0, 0.1) is 5.82 Å². The van der Waals surface area contributed by atoms with Crippen molar-refractivity contribution in [3.63, 3.8) is 0 Å². The maximum absolute atomic E-state index is 13.8. The zero-order valence-corrected chi connectivity index (χ0v) is 11.0. The van der Waals surface area contributed by atoms with Gasteiger partial charge in [0.15, 0.2) is 14.9 Å². The molecule has 2 saturated heterocycles. The fraction of sp³-hybridized carbons (Fsp3) is 0.364. The van der Waals surface area contributed by atoms with Crippen LogP contribution < -0.4 is 10.2 Å². The Morgan fingerprint density at radius 1 is 1.33 bits per heavy atom. The first-order valence-electron chi connectivity index (χ1n) is 5.53. The van der Waals surface area contributed by atoms with E-state index >= 15 is 0 Å². The summed E-state index contributed by atoms with van der Waals surface area (Å²) >= 11 is 5.16. The molecule has 2 atom stereocenters. The maximum Gasteiger partial charge on any atom is 0.174 e. The van der Waals surface area contributed by atoms with E-state index in [4.69, 9.17) is 12.2 Å². The van der Waals surface area contributed by atoms with Gasteiger partial charge in [-0.05, 0) is 24.4 Å². The van der Waals surface area contributed by atoms with Gasteiger partial charge in [-0.25, -0.2) is 12.8 Å². The zero-order chi connectivity index (χ0) is 12.9. The van der Waals surface area contributed by atoms with Gasteiger partial charge in [0.2, 0.25) is 0 Å². The van der Waals surface area contributed by atoms with Crippen molar-refractivity contribution >= 4 is 32.9 Å². The summed E-state index contributed by atoms with van der Waals surface area (Å²) in [6.45, 7) is 0. The van der Waals surface area contributed by atoms with E-state index in [1.807, 2.05) is 0 Å². The summed E-state index contributed by atoms with van der Waals surface area (Å²) in [7, 11) is -3.07. The van der Waals surface area contributed by atoms with E-state index in [0.29, 0.717) is 10.8 Å². The number of fused-ring (bicyclic) bond motifs is 1. The largest absolute Gasteiger partial charge is 0.356 e. The molecule has 0 unspecified atom stereocenters. The van der Waals surface area contributed by atoms with Crippen LogP contribution in [-0.2, 0) is 9.84 Å². The minimum Gasteiger partial charge on any atom is -0.356 e. The van der Waals surface area contributed by atoms with Crippen molar-refractivity contribution in [2.45, 2.75) is 12.1 Å². The van der Waals surface area contributed by atoms with Crippen LogP contribution in [0.3, 0.4) is 0 Å². The highest BCUT2D eigenvalue weighted by atomic mass is 32.2. The van der Waals surface area contributed by atoms with E-state index in [1.54, 1.807) is 23.1 Å². The minimum absolute atomic E-state index is 0.0130. The number of rotatable bonds is 1. The fourth-order valence-electron chi connectivity index (χ4n) is 2.54. The van der Waals surface area contributed by atoms with Crippen LogP contribution in [0.15, 0.2) is 24.3 Å². The van der Waals surface area contributed by atoms with Crippen LogP contribution >= 0.6 is 12.2 Å². The van der Waals surface area contributed by atoms with Crippen molar-refractivity contribution in [1.29, 1.82) is 0 Å². The Morgan fingerprint density at radius 3 is 2.78 bits per heavy atom. The molecular formula is C11H11FN2O2S2. The second-order valence-corrected chi connectivity index (χ2v) is 7.06. The summed E-state index contributed by atoms with van der Waals surface area (Å²) in [6.07, 6.45) is 0. The second kappa shape index (κ2) is 3.89. The predicted molar refractivity (Wildman–Crippen MR) is 70.8 cm³/mol. The molecular weight excluding hydrogens is 275 g/mol. The topological polar surface area (TPSA) is 49.4 Å². The van der Waals surface area contributed by atoms with Crippen molar-refractivity contribution in [3.8, 4) is 0 Å². The monoisotopic (exact) mass is 286 g/mol.